The number of aliphatic hydroxyl groups is 5. The molecule has 0 spiro atoms. The normalized spacial score (nSPS) is 20.0. The summed E-state index contributed by atoms with van der Waals surface area (Å²) in [6.07, 6.45) is -7.06. The number of carboxylic acids is 1. The fourth-order valence-electron chi connectivity index (χ4n) is 1.75. The van der Waals surface area contributed by atoms with Gasteiger partial charge in [-0.05, 0) is 6.90 Å². The molecule has 22 heavy (non-hydrogen) atoms. The molecule has 0 saturated heterocycles. The van der Waals surface area contributed by atoms with Gasteiger partial charge in [0.1, 0.15) is 18.3 Å². The molecule has 0 aliphatic carbocycles. The SMILES string of the molecule is [2H]C[C@](O)(CC(=O)C(=O)O)[C@@H](NC(C)=O)[C@@H](O)[C@H](O)[C@H](O)CO. The third kappa shape index (κ3) is 5.66. The Morgan fingerprint density at radius 1 is 1.23 bits per heavy atom. The lowest BCUT2D eigenvalue weighted by Crippen LogP contribution is -2.62. The van der Waals surface area contributed by atoms with Crippen LogP contribution in [0.15, 0.2) is 0 Å². The molecule has 128 valence electrons. The zero-order chi connectivity index (χ0) is 18.4. The minimum Gasteiger partial charge on any atom is -0.475 e. The Morgan fingerprint density at radius 3 is 2.14 bits per heavy atom. The third-order valence-corrected chi connectivity index (χ3v) is 2.92. The average molecular weight is 324 g/mol. The second-order valence-corrected chi connectivity index (χ2v) is 4.92. The van der Waals surface area contributed by atoms with E-state index in [-0.39, 0.29) is 0 Å². The van der Waals surface area contributed by atoms with E-state index in [1.807, 2.05) is 5.32 Å². The summed E-state index contributed by atoms with van der Waals surface area (Å²) in [5.74, 6) is -4.17. The predicted molar refractivity (Wildman–Crippen MR) is 70.6 cm³/mol. The van der Waals surface area contributed by atoms with Crippen LogP contribution in [0.1, 0.15) is 21.6 Å². The Labute approximate surface area is 127 Å². The van der Waals surface area contributed by atoms with Crippen molar-refractivity contribution in [1.82, 2.24) is 5.32 Å². The van der Waals surface area contributed by atoms with E-state index in [1.165, 1.54) is 0 Å². The molecule has 0 radical (unpaired) electrons. The summed E-state index contributed by atoms with van der Waals surface area (Å²) in [6, 6.07) is -1.84. The van der Waals surface area contributed by atoms with Crippen molar-refractivity contribution in [2.45, 2.75) is 50.2 Å². The van der Waals surface area contributed by atoms with Gasteiger partial charge < -0.3 is 36.0 Å². The number of Topliss-reactive ketones (excluding diaryl/α,β-unsaturated/α-hetero) is 1. The summed E-state index contributed by atoms with van der Waals surface area (Å²) in [4.78, 5) is 33.1. The maximum absolute atomic E-state index is 11.3. The van der Waals surface area contributed by atoms with Gasteiger partial charge in [0.2, 0.25) is 11.7 Å². The number of carbonyl (C=O) groups excluding carboxylic acids is 2. The Kier molecular flexibility index (Phi) is 6.84. The van der Waals surface area contributed by atoms with Crippen molar-refractivity contribution in [3.63, 3.8) is 0 Å². The maximum Gasteiger partial charge on any atom is 0.372 e. The molecule has 7 N–H and O–H groups in total. The van der Waals surface area contributed by atoms with E-state index in [0.29, 0.717) is 0 Å². The number of hydrogen-bond acceptors (Lipinski definition) is 8. The van der Waals surface area contributed by atoms with Gasteiger partial charge in [-0.25, -0.2) is 4.79 Å². The van der Waals surface area contributed by atoms with Crippen LogP contribution in [-0.2, 0) is 14.4 Å². The Balaban J connectivity index is 5.59. The summed E-state index contributed by atoms with van der Waals surface area (Å²) < 4.78 is 7.30. The number of amides is 1. The number of nitrogens with one attached hydrogen (secondary N) is 1. The van der Waals surface area contributed by atoms with Gasteiger partial charge in [-0.3, -0.25) is 9.59 Å². The van der Waals surface area contributed by atoms with Crippen LogP contribution in [0.25, 0.3) is 0 Å². The predicted octanol–water partition coefficient (Wildman–Crippen LogP) is -3.64. The molecule has 0 bridgehead atoms. The van der Waals surface area contributed by atoms with E-state index < -0.39 is 67.5 Å². The standard InChI is InChI=1S/C12H21NO9/c1-5(15)13-10(9(19)8(18)7(17)4-14)12(2,22)3-6(16)11(20)21/h7-10,14,17-19,22H,3-4H2,1-2H3,(H,13,15)(H,20,21)/t7-,8-,9+,10+,12+/m1/s1/i2D. The topological polar surface area (TPSA) is 185 Å². The number of aliphatic hydroxyl groups excluding tert-OH is 4. The zero-order valence-electron chi connectivity index (χ0n) is 12.8. The first-order chi connectivity index (χ1) is 10.5. The quantitative estimate of drug-likeness (QED) is 0.210. The molecule has 0 aliphatic heterocycles. The highest BCUT2D eigenvalue weighted by atomic mass is 16.4. The summed E-state index contributed by atoms with van der Waals surface area (Å²) >= 11 is 0. The summed E-state index contributed by atoms with van der Waals surface area (Å²) in [5, 5.41) is 58.7. The van der Waals surface area contributed by atoms with Gasteiger partial charge in [0.05, 0.1) is 18.2 Å². The summed E-state index contributed by atoms with van der Waals surface area (Å²) in [5.41, 5.74) is -2.52. The van der Waals surface area contributed by atoms with Crippen LogP contribution in [0, 0.1) is 0 Å². The van der Waals surface area contributed by atoms with Crippen LogP contribution < -0.4 is 5.32 Å². The van der Waals surface area contributed by atoms with Crippen LogP contribution in [0.4, 0.5) is 0 Å². The first-order valence-corrected chi connectivity index (χ1v) is 6.20. The molecule has 0 aliphatic rings. The van der Waals surface area contributed by atoms with Gasteiger partial charge in [-0.15, -0.1) is 0 Å². The fourth-order valence-corrected chi connectivity index (χ4v) is 1.75. The molecule has 10 heteroatoms. The first-order valence-electron chi connectivity index (χ1n) is 6.90. The van der Waals surface area contributed by atoms with Gasteiger partial charge >= 0.3 is 5.97 Å². The van der Waals surface area contributed by atoms with E-state index in [2.05, 4.69) is 0 Å². The second kappa shape index (κ2) is 8.15. The number of rotatable bonds is 9. The monoisotopic (exact) mass is 324 g/mol. The molecule has 1 amide bonds. The second-order valence-electron chi connectivity index (χ2n) is 4.92. The highest BCUT2D eigenvalue weighted by Gasteiger charge is 2.44. The molecule has 5 atom stereocenters. The molecular formula is C12H21NO9. The molecule has 0 aromatic heterocycles. The molecule has 0 rings (SSSR count). The van der Waals surface area contributed by atoms with Crippen LogP contribution in [0.5, 0.6) is 0 Å². The molecule has 10 nitrogen and oxygen atoms in total. The summed E-state index contributed by atoms with van der Waals surface area (Å²) in [6.45, 7) is -0.952. The minimum absolute atomic E-state index is 0.811. The van der Waals surface area contributed by atoms with Crippen LogP contribution in [0.2, 0.25) is 0 Å². The van der Waals surface area contributed by atoms with Crippen molar-refractivity contribution in [2.75, 3.05) is 6.61 Å². The average Bonchev–Trinajstić information content (AvgIpc) is 2.49. The lowest BCUT2D eigenvalue weighted by Gasteiger charge is -2.38. The molecule has 0 aromatic rings. The molecule has 0 unspecified atom stereocenters. The molecular weight excluding hydrogens is 302 g/mol. The Hall–Kier alpha value is -1.59. The van der Waals surface area contributed by atoms with Crippen molar-refractivity contribution in [3.05, 3.63) is 0 Å². The van der Waals surface area contributed by atoms with Crippen molar-refractivity contribution < 1.29 is 46.4 Å². The van der Waals surface area contributed by atoms with Crippen molar-refractivity contribution in [1.29, 1.82) is 0 Å². The minimum atomic E-state index is -2.52. The largest absolute Gasteiger partial charge is 0.475 e. The van der Waals surface area contributed by atoms with Gasteiger partial charge in [-0.2, -0.15) is 0 Å². The molecule has 0 saturated carbocycles. The molecule has 0 heterocycles. The van der Waals surface area contributed by atoms with Crippen LogP contribution >= 0.6 is 0 Å². The van der Waals surface area contributed by atoms with Crippen molar-refractivity contribution in [2.24, 2.45) is 0 Å². The lowest BCUT2D eigenvalue weighted by atomic mass is 9.84. The van der Waals surface area contributed by atoms with E-state index >= 15 is 0 Å². The molecule has 0 aromatic carbocycles. The van der Waals surface area contributed by atoms with Crippen LogP contribution in [0.3, 0.4) is 0 Å². The third-order valence-electron chi connectivity index (χ3n) is 2.92. The zero-order valence-corrected chi connectivity index (χ0v) is 11.8. The number of aliphatic carboxylic acids is 1. The van der Waals surface area contributed by atoms with Gasteiger partial charge in [0, 0.05) is 14.7 Å². The van der Waals surface area contributed by atoms with Crippen molar-refractivity contribution in [3.8, 4) is 0 Å². The lowest BCUT2D eigenvalue weighted by molar-refractivity contribution is -0.155. The Morgan fingerprint density at radius 2 is 1.77 bits per heavy atom. The number of carboxylic acid groups (broad SMARTS) is 1. The number of hydrogen-bond donors (Lipinski definition) is 7. The smallest absolute Gasteiger partial charge is 0.372 e. The highest BCUT2D eigenvalue weighted by Crippen LogP contribution is 2.21. The highest BCUT2D eigenvalue weighted by molar-refractivity contribution is 6.32. The van der Waals surface area contributed by atoms with Gasteiger partial charge in [-0.1, -0.05) is 0 Å². The van der Waals surface area contributed by atoms with E-state index in [1.54, 1.807) is 0 Å². The van der Waals surface area contributed by atoms with E-state index in [4.69, 9.17) is 11.6 Å². The number of carbonyl (C=O) groups is 3. The molecule has 0 fully saturated rings. The first kappa shape index (κ1) is 18.5. The van der Waals surface area contributed by atoms with E-state index in [0.717, 1.165) is 6.92 Å². The van der Waals surface area contributed by atoms with Crippen LogP contribution in [-0.4, -0.2) is 84.9 Å². The van der Waals surface area contributed by atoms with Crippen molar-refractivity contribution >= 4 is 17.7 Å². The van der Waals surface area contributed by atoms with E-state index in [9.17, 15) is 34.8 Å². The maximum atomic E-state index is 11.3. The van der Waals surface area contributed by atoms with Gasteiger partial charge in [0.25, 0.3) is 0 Å². The van der Waals surface area contributed by atoms with Gasteiger partial charge in [0.15, 0.2) is 0 Å². The Bertz CT molecular complexity index is 446. The number of ketones is 1. The fraction of sp³-hybridized carbons (Fsp3) is 0.750. The summed E-state index contributed by atoms with van der Waals surface area (Å²) in [7, 11) is 0.